The molecule has 0 fully saturated rings. The zero-order valence-corrected chi connectivity index (χ0v) is 18.8. The van der Waals surface area contributed by atoms with Crippen molar-refractivity contribution in [1.29, 1.82) is 0 Å². The Balaban J connectivity index is 0.00000196. The van der Waals surface area contributed by atoms with Crippen LogP contribution in [0.2, 0.25) is 0 Å². The van der Waals surface area contributed by atoms with Crippen molar-refractivity contribution < 1.29 is 13.2 Å². The van der Waals surface area contributed by atoms with Crippen molar-refractivity contribution in [2.45, 2.75) is 57.9 Å². The Labute approximate surface area is 177 Å². The number of halogens is 5. The molecular weight excluding hydrogens is 410 g/mol. The summed E-state index contributed by atoms with van der Waals surface area (Å²) in [5, 5.41) is 4.32. The van der Waals surface area contributed by atoms with Crippen LogP contribution >= 0.6 is 24.8 Å². The molecule has 0 bridgehead atoms. The van der Waals surface area contributed by atoms with E-state index in [1.165, 1.54) is 12.1 Å². The number of rotatable bonds is 3. The fourth-order valence-corrected chi connectivity index (χ4v) is 4.39. The molecule has 0 amide bonds. The summed E-state index contributed by atoms with van der Waals surface area (Å²) in [5.74, 6) is 0. The van der Waals surface area contributed by atoms with Crippen molar-refractivity contribution in [3.63, 3.8) is 0 Å². The molecule has 3 nitrogen and oxygen atoms in total. The van der Waals surface area contributed by atoms with Gasteiger partial charge in [-0.1, -0.05) is 0 Å². The van der Waals surface area contributed by atoms with Gasteiger partial charge in [-0.3, -0.25) is 0 Å². The Kier molecular flexibility index (Phi) is 7.22. The molecule has 2 heterocycles. The maximum atomic E-state index is 13.3. The molecule has 1 aliphatic heterocycles. The van der Waals surface area contributed by atoms with Crippen molar-refractivity contribution in [2.24, 2.45) is 0 Å². The number of hydrogen-bond donors (Lipinski definition) is 1. The zero-order chi connectivity index (χ0) is 19.5. The Bertz CT molecular complexity index is 839. The molecule has 0 saturated carbocycles. The Morgan fingerprint density at radius 3 is 2.25 bits per heavy atom. The smallest absolute Gasteiger partial charge is 0.343 e. The first-order valence-corrected chi connectivity index (χ1v) is 8.99. The first-order chi connectivity index (χ1) is 11.8. The van der Waals surface area contributed by atoms with E-state index in [-0.39, 0.29) is 30.4 Å². The van der Waals surface area contributed by atoms with Gasteiger partial charge < -0.3 is 14.8 Å². The fourth-order valence-electron chi connectivity index (χ4n) is 4.39. The quantitative estimate of drug-likeness (QED) is 0.706. The molecule has 0 aliphatic carbocycles. The van der Waals surface area contributed by atoms with Crippen LogP contribution in [-0.4, -0.2) is 35.6 Å². The number of nitrogens with one attached hydrogen (secondary N) is 1. The predicted molar refractivity (Wildman–Crippen MR) is 114 cm³/mol. The average Bonchev–Trinajstić information content (AvgIpc) is 2.74. The third kappa shape index (κ3) is 4.61. The highest BCUT2D eigenvalue weighted by atomic mass is 35.5. The van der Waals surface area contributed by atoms with Gasteiger partial charge in [-0.2, -0.15) is 13.2 Å². The molecule has 1 aromatic heterocycles. The molecule has 160 valence electrons. The van der Waals surface area contributed by atoms with Crippen LogP contribution in [-0.2, 0) is 24.7 Å². The highest BCUT2D eigenvalue weighted by Crippen LogP contribution is 2.42. The van der Waals surface area contributed by atoms with Crippen molar-refractivity contribution in [3.8, 4) is 0 Å². The molecule has 0 unspecified atom stereocenters. The molecule has 3 rings (SSSR count). The van der Waals surface area contributed by atoms with E-state index < -0.39 is 17.3 Å². The molecule has 1 N–H and O–H groups in total. The van der Waals surface area contributed by atoms with Crippen LogP contribution in [0.25, 0.3) is 10.9 Å². The lowest BCUT2D eigenvalue weighted by Crippen LogP contribution is -2.55. The maximum absolute atomic E-state index is 13.3. The number of fused-ring (bicyclic) bond motifs is 3. The van der Waals surface area contributed by atoms with Gasteiger partial charge in [-0.25, -0.2) is 0 Å². The van der Waals surface area contributed by atoms with E-state index in [0.717, 1.165) is 36.3 Å². The van der Waals surface area contributed by atoms with Crippen LogP contribution in [0.4, 0.5) is 13.2 Å². The number of aromatic nitrogens is 1. The third-order valence-electron chi connectivity index (χ3n) is 5.15. The van der Waals surface area contributed by atoms with Gasteiger partial charge in [0.2, 0.25) is 0 Å². The van der Waals surface area contributed by atoms with Gasteiger partial charge in [0, 0.05) is 52.7 Å². The largest absolute Gasteiger partial charge is 0.416 e. The molecule has 0 radical (unpaired) electrons. The molecule has 28 heavy (non-hydrogen) atoms. The van der Waals surface area contributed by atoms with Crippen molar-refractivity contribution in [1.82, 2.24) is 14.8 Å². The first-order valence-electron chi connectivity index (χ1n) is 8.99. The summed E-state index contributed by atoms with van der Waals surface area (Å²) >= 11 is 0. The number of nitrogens with zero attached hydrogens (tertiary/aromatic N) is 2. The first kappa shape index (κ1) is 25.1. The lowest BCUT2D eigenvalue weighted by atomic mass is 9.80. The van der Waals surface area contributed by atoms with Gasteiger partial charge in [0.05, 0.1) is 5.56 Å². The summed E-state index contributed by atoms with van der Waals surface area (Å²) in [5.41, 5.74) is 1.93. The van der Waals surface area contributed by atoms with E-state index in [0.29, 0.717) is 5.39 Å². The standard InChI is InChI=1S/C20H28F3N3.2ClH/c1-18(2)12-16-17(19(3,4)24-18)14-11-13(20(21,22)23)7-8-15(14)26(16)10-9-25(5)6;;/h7-8,11,24H,9-10,12H2,1-6H3;2*1H. The summed E-state index contributed by atoms with van der Waals surface area (Å²) < 4.78 is 42.1. The van der Waals surface area contributed by atoms with E-state index in [9.17, 15) is 13.2 Å². The number of alkyl halides is 3. The number of likely N-dealkylation sites (N-methyl/N-ethyl adjacent to an activating group) is 1. The highest BCUT2D eigenvalue weighted by molar-refractivity contribution is 5.88. The highest BCUT2D eigenvalue weighted by Gasteiger charge is 2.41. The van der Waals surface area contributed by atoms with Crippen molar-refractivity contribution in [3.05, 3.63) is 35.0 Å². The second-order valence-corrected chi connectivity index (χ2v) is 8.82. The second-order valence-electron chi connectivity index (χ2n) is 8.82. The maximum Gasteiger partial charge on any atom is 0.416 e. The Morgan fingerprint density at radius 2 is 1.71 bits per heavy atom. The van der Waals surface area contributed by atoms with E-state index >= 15 is 0 Å². The predicted octanol–water partition coefficient (Wildman–Crippen LogP) is 5.22. The minimum Gasteiger partial charge on any atom is -0.343 e. The number of hydrogen-bond acceptors (Lipinski definition) is 2. The average molecular weight is 440 g/mol. The fraction of sp³-hybridized carbons (Fsp3) is 0.600. The van der Waals surface area contributed by atoms with Crippen LogP contribution in [0, 0.1) is 0 Å². The van der Waals surface area contributed by atoms with Crippen LogP contribution in [0.5, 0.6) is 0 Å². The molecule has 2 aromatic rings. The van der Waals surface area contributed by atoms with Crippen LogP contribution in [0.1, 0.15) is 44.5 Å². The van der Waals surface area contributed by atoms with Gasteiger partial charge in [-0.15, -0.1) is 24.8 Å². The van der Waals surface area contributed by atoms with E-state index in [1.807, 2.05) is 14.1 Å². The molecule has 0 atom stereocenters. The molecule has 1 aliphatic rings. The zero-order valence-electron chi connectivity index (χ0n) is 17.2. The summed E-state index contributed by atoms with van der Waals surface area (Å²) in [6.45, 7) is 10.0. The molecule has 1 aromatic carbocycles. The third-order valence-corrected chi connectivity index (χ3v) is 5.15. The summed E-state index contributed by atoms with van der Waals surface area (Å²) in [6, 6.07) is 4.16. The molecule has 0 spiro atoms. The van der Waals surface area contributed by atoms with Gasteiger partial charge in [0.25, 0.3) is 0 Å². The van der Waals surface area contributed by atoms with Gasteiger partial charge in [0.1, 0.15) is 0 Å². The summed E-state index contributed by atoms with van der Waals surface area (Å²) in [6.07, 6.45) is -3.55. The van der Waals surface area contributed by atoms with Gasteiger partial charge in [0.15, 0.2) is 0 Å². The monoisotopic (exact) mass is 439 g/mol. The molecule has 8 heteroatoms. The van der Waals surface area contributed by atoms with E-state index in [1.54, 1.807) is 6.07 Å². The van der Waals surface area contributed by atoms with E-state index in [2.05, 4.69) is 42.5 Å². The summed E-state index contributed by atoms with van der Waals surface area (Å²) in [7, 11) is 4.02. The molecular formula is C20H30Cl2F3N3. The van der Waals surface area contributed by atoms with Crippen molar-refractivity contribution in [2.75, 3.05) is 20.6 Å². The van der Waals surface area contributed by atoms with Crippen LogP contribution in [0.3, 0.4) is 0 Å². The number of benzene rings is 1. The molecule has 0 saturated heterocycles. The Hall–Kier alpha value is -0.950. The van der Waals surface area contributed by atoms with Crippen LogP contribution < -0.4 is 5.32 Å². The minimum absolute atomic E-state index is 0. The lowest BCUT2D eigenvalue weighted by Gasteiger charge is -2.43. The van der Waals surface area contributed by atoms with Crippen molar-refractivity contribution >= 4 is 35.7 Å². The topological polar surface area (TPSA) is 20.2 Å². The normalized spacial score (nSPS) is 17.8. The van der Waals surface area contributed by atoms with Gasteiger partial charge in [-0.05, 0) is 60.0 Å². The minimum atomic E-state index is -4.34. The van der Waals surface area contributed by atoms with E-state index in [4.69, 9.17) is 0 Å². The lowest BCUT2D eigenvalue weighted by molar-refractivity contribution is -0.137. The van der Waals surface area contributed by atoms with Gasteiger partial charge >= 0.3 is 6.18 Å². The summed E-state index contributed by atoms with van der Waals surface area (Å²) in [4.78, 5) is 2.10. The SMILES string of the molecule is CN(C)CCn1c2c(c3cc(C(F)(F)F)ccc31)C(C)(C)NC(C)(C)C2.Cl.Cl. The second kappa shape index (κ2) is 8.05. The Morgan fingerprint density at radius 1 is 1.11 bits per heavy atom. The van der Waals surface area contributed by atoms with Crippen LogP contribution in [0.15, 0.2) is 18.2 Å².